The molecule has 4 nitrogen and oxygen atoms in total. The van der Waals surface area contributed by atoms with E-state index in [0.29, 0.717) is 0 Å². The average Bonchev–Trinajstić information content (AvgIpc) is 2.27. The Morgan fingerprint density at radius 1 is 1.28 bits per heavy atom. The van der Waals surface area contributed by atoms with E-state index in [2.05, 4.69) is 37.6 Å². The molecular weight excluding hydrogens is 294 g/mol. The van der Waals surface area contributed by atoms with Crippen molar-refractivity contribution in [3.05, 3.63) is 11.1 Å². The molecule has 1 unspecified atom stereocenters. The number of nitrogens with one attached hydrogen (secondary N) is 1. The van der Waals surface area contributed by atoms with Crippen LogP contribution < -0.4 is 5.32 Å². The second-order valence-corrected chi connectivity index (χ2v) is 6.29. The highest BCUT2D eigenvalue weighted by Gasteiger charge is 2.25. The van der Waals surface area contributed by atoms with Gasteiger partial charge in [-0.1, -0.05) is 22.5 Å². The average molecular weight is 318 g/mol. The summed E-state index contributed by atoms with van der Waals surface area (Å²) in [5.41, 5.74) is 0. The number of hydrogen-bond donors (Lipinski definition) is 1. The first kappa shape index (κ1) is 15.7. The summed E-state index contributed by atoms with van der Waals surface area (Å²) in [6.07, 6.45) is 0. The van der Waals surface area contributed by atoms with E-state index < -0.39 is 0 Å². The third-order valence-electron chi connectivity index (χ3n) is 3.16. The fourth-order valence-electron chi connectivity index (χ4n) is 2.12. The van der Waals surface area contributed by atoms with Gasteiger partial charge in [0.15, 0.2) is 0 Å². The predicted octanol–water partition coefficient (Wildman–Crippen LogP) is 1.43. The third-order valence-corrected chi connectivity index (χ3v) is 3.41. The van der Waals surface area contributed by atoms with Crippen LogP contribution >= 0.6 is 15.9 Å². The molecule has 1 aliphatic rings. The number of amides is 1. The molecule has 18 heavy (non-hydrogen) atoms. The lowest BCUT2D eigenvalue weighted by Crippen LogP contribution is -2.54. The Kier molecular flexibility index (Phi) is 6.32. The lowest BCUT2D eigenvalue weighted by atomic mass is 10.2. The maximum absolute atomic E-state index is 11.9. The molecule has 0 bridgehead atoms. The number of hydrogen-bond acceptors (Lipinski definition) is 3. The van der Waals surface area contributed by atoms with Crippen LogP contribution in [0.2, 0.25) is 0 Å². The maximum atomic E-state index is 11.9. The van der Waals surface area contributed by atoms with Crippen molar-refractivity contribution in [2.75, 3.05) is 32.7 Å². The van der Waals surface area contributed by atoms with E-state index in [1.54, 1.807) is 0 Å². The Balaban J connectivity index is 2.37. The Labute approximate surface area is 119 Å². The smallest absolute Gasteiger partial charge is 0.237 e. The first-order valence-corrected chi connectivity index (χ1v) is 7.29. The van der Waals surface area contributed by atoms with Gasteiger partial charge in [0.05, 0.1) is 6.04 Å². The molecule has 0 saturated carbocycles. The quantitative estimate of drug-likeness (QED) is 0.833. The van der Waals surface area contributed by atoms with Crippen LogP contribution in [0, 0.1) is 0 Å². The summed E-state index contributed by atoms with van der Waals surface area (Å²) in [5.74, 6) is 0.128. The van der Waals surface area contributed by atoms with Crippen molar-refractivity contribution >= 4 is 21.8 Å². The van der Waals surface area contributed by atoms with Gasteiger partial charge in [-0.25, -0.2) is 0 Å². The molecule has 1 amide bonds. The van der Waals surface area contributed by atoms with E-state index in [0.717, 1.165) is 37.2 Å². The van der Waals surface area contributed by atoms with Gasteiger partial charge in [0.25, 0.3) is 0 Å². The van der Waals surface area contributed by atoms with Gasteiger partial charge in [-0.15, -0.1) is 0 Å². The summed E-state index contributed by atoms with van der Waals surface area (Å²) < 4.78 is 1.02. The predicted molar refractivity (Wildman–Crippen MR) is 78.8 cm³/mol. The Hall–Kier alpha value is -0.390. The molecule has 1 saturated heterocycles. The molecular formula is C13H24BrN3O. The van der Waals surface area contributed by atoms with Gasteiger partial charge < -0.3 is 5.32 Å². The van der Waals surface area contributed by atoms with E-state index in [9.17, 15) is 4.79 Å². The summed E-state index contributed by atoms with van der Waals surface area (Å²) in [7, 11) is 0. The molecule has 5 heteroatoms. The van der Waals surface area contributed by atoms with Crippen molar-refractivity contribution in [1.82, 2.24) is 15.1 Å². The zero-order valence-corrected chi connectivity index (χ0v) is 13.2. The van der Waals surface area contributed by atoms with Crippen molar-refractivity contribution in [3.8, 4) is 0 Å². The molecule has 0 spiro atoms. The van der Waals surface area contributed by atoms with Crippen molar-refractivity contribution in [1.29, 1.82) is 0 Å². The molecule has 0 aromatic carbocycles. The minimum absolute atomic E-state index is 0.0401. The SMILES string of the molecule is C=C(Br)CN1CCN(C(C)C(=O)NC(C)C)CC1. The summed E-state index contributed by atoms with van der Waals surface area (Å²) in [5, 5.41) is 2.97. The molecule has 0 aromatic rings. The van der Waals surface area contributed by atoms with E-state index in [1.807, 2.05) is 20.8 Å². The van der Waals surface area contributed by atoms with E-state index in [4.69, 9.17) is 0 Å². The van der Waals surface area contributed by atoms with Crippen LogP contribution in [0.1, 0.15) is 20.8 Å². The lowest BCUT2D eigenvalue weighted by molar-refractivity contribution is -0.127. The second kappa shape index (κ2) is 7.26. The molecule has 1 rings (SSSR count). The van der Waals surface area contributed by atoms with Crippen LogP contribution in [0.3, 0.4) is 0 Å². The van der Waals surface area contributed by atoms with Crippen molar-refractivity contribution in [2.24, 2.45) is 0 Å². The highest BCUT2D eigenvalue weighted by Crippen LogP contribution is 2.10. The van der Waals surface area contributed by atoms with Gasteiger partial charge in [0.2, 0.25) is 5.91 Å². The zero-order chi connectivity index (χ0) is 13.7. The van der Waals surface area contributed by atoms with Gasteiger partial charge in [0.1, 0.15) is 0 Å². The summed E-state index contributed by atoms with van der Waals surface area (Å²) >= 11 is 3.39. The van der Waals surface area contributed by atoms with Gasteiger partial charge in [0, 0.05) is 43.2 Å². The topological polar surface area (TPSA) is 35.6 Å². The molecule has 0 radical (unpaired) electrons. The highest BCUT2D eigenvalue weighted by atomic mass is 79.9. The number of carbonyl (C=O) groups excluding carboxylic acids is 1. The Morgan fingerprint density at radius 3 is 2.28 bits per heavy atom. The maximum Gasteiger partial charge on any atom is 0.237 e. The van der Waals surface area contributed by atoms with Crippen molar-refractivity contribution in [3.63, 3.8) is 0 Å². The summed E-state index contributed by atoms with van der Waals surface area (Å²) in [6.45, 7) is 14.6. The Morgan fingerprint density at radius 2 is 1.83 bits per heavy atom. The standard InChI is InChI=1S/C13H24BrN3O/c1-10(2)15-13(18)12(4)17-7-5-16(6-8-17)9-11(3)14/h10,12H,3,5-9H2,1-2,4H3,(H,15,18). The Bertz CT molecular complexity index is 299. The number of piperazine rings is 1. The van der Waals surface area contributed by atoms with Gasteiger partial charge >= 0.3 is 0 Å². The van der Waals surface area contributed by atoms with E-state index in [-0.39, 0.29) is 18.0 Å². The van der Waals surface area contributed by atoms with Crippen LogP contribution in [-0.2, 0) is 4.79 Å². The zero-order valence-electron chi connectivity index (χ0n) is 11.6. The molecule has 1 fully saturated rings. The monoisotopic (exact) mass is 317 g/mol. The fourth-order valence-corrected chi connectivity index (χ4v) is 2.48. The van der Waals surface area contributed by atoms with Crippen LogP contribution in [0.5, 0.6) is 0 Å². The first-order valence-electron chi connectivity index (χ1n) is 6.50. The minimum Gasteiger partial charge on any atom is -0.353 e. The minimum atomic E-state index is -0.0401. The largest absolute Gasteiger partial charge is 0.353 e. The van der Waals surface area contributed by atoms with Gasteiger partial charge in [-0.3, -0.25) is 14.6 Å². The summed E-state index contributed by atoms with van der Waals surface area (Å²) in [6, 6.07) is 0.166. The second-order valence-electron chi connectivity index (χ2n) is 5.17. The van der Waals surface area contributed by atoms with E-state index in [1.165, 1.54) is 0 Å². The first-order chi connectivity index (χ1) is 8.40. The molecule has 0 aliphatic carbocycles. The normalized spacial score (nSPS) is 19.8. The fraction of sp³-hybridized carbons (Fsp3) is 0.769. The van der Waals surface area contributed by atoms with Crippen LogP contribution in [-0.4, -0.2) is 60.5 Å². The number of carbonyl (C=O) groups is 1. The van der Waals surface area contributed by atoms with Crippen molar-refractivity contribution in [2.45, 2.75) is 32.9 Å². The number of halogens is 1. The third kappa shape index (κ3) is 5.08. The van der Waals surface area contributed by atoms with E-state index >= 15 is 0 Å². The van der Waals surface area contributed by atoms with Crippen LogP contribution in [0.4, 0.5) is 0 Å². The molecule has 104 valence electrons. The van der Waals surface area contributed by atoms with Crippen LogP contribution in [0.25, 0.3) is 0 Å². The summed E-state index contributed by atoms with van der Waals surface area (Å²) in [4.78, 5) is 16.5. The molecule has 1 aliphatic heterocycles. The van der Waals surface area contributed by atoms with Crippen molar-refractivity contribution < 1.29 is 4.79 Å². The molecule has 1 N–H and O–H groups in total. The number of rotatable bonds is 5. The molecule has 0 aromatic heterocycles. The van der Waals surface area contributed by atoms with Crippen LogP contribution in [0.15, 0.2) is 11.1 Å². The van der Waals surface area contributed by atoms with Gasteiger partial charge in [-0.2, -0.15) is 0 Å². The highest BCUT2D eigenvalue weighted by molar-refractivity contribution is 9.11. The molecule has 1 heterocycles. The lowest BCUT2D eigenvalue weighted by Gasteiger charge is -2.37. The molecule has 1 atom stereocenters. The van der Waals surface area contributed by atoms with Gasteiger partial charge in [-0.05, 0) is 20.8 Å². The number of nitrogens with zero attached hydrogens (tertiary/aromatic N) is 2.